The van der Waals surface area contributed by atoms with Crippen LogP contribution < -0.4 is 5.43 Å². The van der Waals surface area contributed by atoms with Gasteiger partial charge in [0.1, 0.15) is 0 Å². The molecule has 4 nitrogen and oxygen atoms in total. The van der Waals surface area contributed by atoms with Crippen LogP contribution in [0.4, 0.5) is 5.69 Å². The Morgan fingerprint density at radius 1 is 1.38 bits per heavy atom. The molecule has 2 N–H and O–H groups in total. The van der Waals surface area contributed by atoms with Crippen molar-refractivity contribution < 1.29 is 5.21 Å². The molecule has 0 radical (unpaired) electrons. The van der Waals surface area contributed by atoms with E-state index in [0.717, 1.165) is 5.69 Å². The maximum Gasteiger partial charge on any atom is 0.0891 e. The number of rotatable bonds is 3. The third-order valence-electron chi connectivity index (χ3n) is 1.38. The van der Waals surface area contributed by atoms with Crippen molar-refractivity contribution >= 4 is 17.6 Å². The summed E-state index contributed by atoms with van der Waals surface area (Å²) in [5.41, 5.74) is 4.31. The molecule has 0 bridgehead atoms. The van der Waals surface area contributed by atoms with Crippen molar-refractivity contribution in [1.82, 2.24) is 0 Å². The van der Waals surface area contributed by atoms with Gasteiger partial charge < -0.3 is 5.21 Å². The molecule has 0 aliphatic rings. The fourth-order valence-corrected chi connectivity index (χ4v) is 0.778. The lowest BCUT2D eigenvalue weighted by Gasteiger charge is -1.98. The summed E-state index contributed by atoms with van der Waals surface area (Å²) in [6.45, 7) is 1.73. The number of oxime groups is 1. The summed E-state index contributed by atoms with van der Waals surface area (Å²) in [5, 5.41) is 15.0. The van der Waals surface area contributed by atoms with E-state index in [-0.39, 0.29) is 0 Å². The molecule has 0 heterocycles. The van der Waals surface area contributed by atoms with Crippen LogP contribution in [-0.4, -0.2) is 17.1 Å². The Hall–Kier alpha value is -1.84. The van der Waals surface area contributed by atoms with Gasteiger partial charge in [-0.3, -0.25) is 5.43 Å². The quantitative estimate of drug-likeness (QED) is 0.421. The summed E-state index contributed by atoms with van der Waals surface area (Å²) < 4.78 is 0. The molecule has 0 spiro atoms. The van der Waals surface area contributed by atoms with E-state index >= 15 is 0 Å². The molecule has 4 heteroatoms. The van der Waals surface area contributed by atoms with Gasteiger partial charge in [-0.2, -0.15) is 5.10 Å². The number of hydrogen-bond donors (Lipinski definition) is 2. The first-order chi connectivity index (χ1) is 6.33. The molecule has 13 heavy (non-hydrogen) atoms. The van der Waals surface area contributed by atoms with Gasteiger partial charge in [-0.1, -0.05) is 23.4 Å². The zero-order chi connectivity index (χ0) is 9.52. The monoisotopic (exact) mass is 177 g/mol. The second-order valence-electron chi connectivity index (χ2n) is 2.48. The molecule has 0 aliphatic carbocycles. The number of nitrogens with one attached hydrogen (secondary N) is 1. The zero-order valence-corrected chi connectivity index (χ0v) is 7.31. The molecule has 0 saturated heterocycles. The van der Waals surface area contributed by atoms with Gasteiger partial charge in [-0.15, -0.1) is 0 Å². The van der Waals surface area contributed by atoms with E-state index in [2.05, 4.69) is 15.7 Å². The van der Waals surface area contributed by atoms with Gasteiger partial charge in [0.25, 0.3) is 0 Å². The first kappa shape index (κ1) is 9.25. The maximum atomic E-state index is 8.19. The van der Waals surface area contributed by atoms with Gasteiger partial charge >= 0.3 is 0 Å². The van der Waals surface area contributed by atoms with E-state index in [0.29, 0.717) is 5.71 Å². The van der Waals surface area contributed by atoms with E-state index in [9.17, 15) is 0 Å². The summed E-state index contributed by atoms with van der Waals surface area (Å²) in [5.74, 6) is 0. The minimum absolute atomic E-state index is 0.603. The van der Waals surface area contributed by atoms with Crippen molar-refractivity contribution in [2.45, 2.75) is 6.92 Å². The highest BCUT2D eigenvalue weighted by atomic mass is 16.4. The average Bonchev–Trinajstić information content (AvgIpc) is 2.17. The highest BCUT2D eigenvalue weighted by Gasteiger charge is 1.86. The minimum Gasteiger partial charge on any atom is -0.411 e. The van der Waals surface area contributed by atoms with Crippen LogP contribution in [-0.2, 0) is 0 Å². The molecule has 1 aromatic carbocycles. The van der Waals surface area contributed by atoms with Crippen LogP contribution >= 0.6 is 0 Å². The second kappa shape index (κ2) is 4.92. The highest BCUT2D eigenvalue weighted by Crippen LogP contribution is 2.03. The third-order valence-corrected chi connectivity index (χ3v) is 1.38. The van der Waals surface area contributed by atoms with Crippen LogP contribution in [0.15, 0.2) is 40.6 Å². The smallest absolute Gasteiger partial charge is 0.0891 e. The van der Waals surface area contributed by atoms with Gasteiger partial charge in [0, 0.05) is 0 Å². The average molecular weight is 177 g/mol. The predicted molar refractivity (Wildman–Crippen MR) is 53.5 cm³/mol. The Labute approximate surface area is 76.6 Å². The molecule has 0 unspecified atom stereocenters. The number of nitrogens with zero attached hydrogens (tertiary/aromatic N) is 2. The fraction of sp³-hybridized carbons (Fsp3) is 0.111. The molecule has 0 aromatic heterocycles. The Bertz CT molecular complexity index is 306. The van der Waals surface area contributed by atoms with Crippen molar-refractivity contribution in [2.24, 2.45) is 10.3 Å². The van der Waals surface area contributed by atoms with E-state index < -0.39 is 0 Å². The lowest BCUT2D eigenvalue weighted by Crippen LogP contribution is -1.98. The molecule has 1 aromatic rings. The molecule has 0 fully saturated rings. The van der Waals surface area contributed by atoms with Crippen LogP contribution in [0.3, 0.4) is 0 Å². The largest absolute Gasteiger partial charge is 0.411 e. The summed E-state index contributed by atoms with van der Waals surface area (Å²) in [6.07, 6.45) is 1.26. The summed E-state index contributed by atoms with van der Waals surface area (Å²) >= 11 is 0. The molecule has 68 valence electrons. The van der Waals surface area contributed by atoms with Gasteiger partial charge in [0.2, 0.25) is 0 Å². The van der Waals surface area contributed by atoms with E-state index in [1.807, 2.05) is 30.3 Å². The summed E-state index contributed by atoms with van der Waals surface area (Å²) in [6, 6.07) is 9.54. The van der Waals surface area contributed by atoms with Crippen LogP contribution in [0.2, 0.25) is 0 Å². The first-order valence-electron chi connectivity index (χ1n) is 3.85. The van der Waals surface area contributed by atoms with E-state index in [1.54, 1.807) is 6.92 Å². The molecular formula is C9H11N3O. The number of hydrazone groups is 1. The Balaban J connectivity index is 2.56. The number of para-hydroxylation sites is 1. The van der Waals surface area contributed by atoms with E-state index in [1.165, 1.54) is 6.21 Å². The summed E-state index contributed by atoms with van der Waals surface area (Å²) in [7, 11) is 0. The highest BCUT2D eigenvalue weighted by molar-refractivity contribution is 6.29. The Kier molecular flexibility index (Phi) is 3.50. The van der Waals surface area contributed by atoms with Crippen LogP contribution in [0.5, 0.6) is 0 Å². The van der Waals surface area contributed by atoms with Crippen molar-refractivity contribution in [2.75, 3.05) is 5.43 Å². The van der Waals surface area contributed by atoms with Gasteiger partial charge in [0.15, 0.2) is 0 Å². The van der Waals surface area contributed by atoms with Crippen LogP contribution in [0, 0.1) is 0 Å². The predicted octanol–water partition coefficient (Wildman–Crippen LogP) is 1.93. The van der Waals surface area contributed by atoms with E-state index in [4.69, 9.17) is 5.21 Å². The van der Waals surface area contributed by atoms with Crippen molar-refractivity contribution in [1.29, 1.82) is 0 Å². The number of benzene rings is 1. The third kappa shape index (κ3) is 3.37. The normalized spacial score (nSPS) is 11.9. The lowest BCUT2D eigenvalue weighted by atomic mass is 10.3. The molecule has 0 atom stereocenters. The number of hydrogen-bond acceptors (Lipinski definition) is 4. The first-order valence-corrected chi connectivity index (χ1v) is 3.85. The standard InChI is InChI=1S/C9H11N3O/c1-8(7-10-13)11-12-9-5-3-2-4-6-9/h2-7,12-13H,1H3/b10-7-,11-8-. The molecule has 0 saturated carbocycles. The maximum absolute atomic E-state index is 8.19. The Morgan fingerprint density at radius 3 is 2.69 bits per heavy atom. The fourth-order valence-electron chi connectivity index (χ4n) is 0.778. The minimum atomic E-state index is 0.603. The molecule has 0 aliphatic heterocycles. The van der Waals surface area contributed by atoms with Crippen molar-refractivity contribution in [3.8, 4) is 0 Å². The number of anilines is 1. The van der Waals surface area contributed by atoms with Gasteiger partial charge in [-0.05, 0) is 19.1 Å². The molecule has 1 rings (SSSR count). The van der Waals surface area contributed by atoms with Gasteiger partial charge in [-0.25, -0.2) is 0 Å². The van der Waals surface area contributed by atoms with Gasteiger partial charge in [0.05, 0.1) is 17.6 Å². The lowest BCUT2D eigenvalue weighted by molar-refractivity contribution is 0.322. The van der Waals surface area contributed by atoms with Crippen molar-refractivity contribution in [3.63, 3.8) is 0 Å². The SMILES string of the molecule is CC(/C=N\O)=N/Nc1ccccc1. The Morgan fingerprint density at radius 2 is 2.08 bits per heavy atom. The molecule has 0 amide bonds. The van der Waals surface area contributed by atoms with Crippen LogP contribution in [0.1, 0.15) is 6.92 Å². The zero-order valence-electron chi connectivity index (χ0n) is 7.31. The topological polar surface area (TPSA) is 57.0 Å². The summed E-state index contributed by atoms with van der Waals surface area (Å²) in [4.78, 5) is 0. The van der Waals surface area contributed by atoms with Crippen molar-refractivity contribution in [3.05, 3.63) is 30.3 Å². The van der Waals surface area contributed by atoms with Crippen LogP contribution in [0.25, 0.3) is 0 Å². The molecular weight excluding hydrogens is 166 g/mol. The second-order valence-corrected chi connectivity index (χ2v) is 2.48.